The monoisotopic (exact) mass is 652 g/mol. The number of fused-ring (bicyclic) bond motifs is 1. The van der Waals surface area contributed by atoms with Crippen molar-refractivity contribution < 1.29 is 27.0 Å². The smallest absolute Gasteiger partial charge is 0.421 e. The molecule has 0 radical (unpaired) electrons. The predicted octanol–water partition coefficient (Wildman–Crippen LogP) is 7.83. The number of ether oxygens (including phenoxy) is 2. The normalized spacial score (nSPS) is 14.7. The summed E-state index contributed by atoms with van der Waals surface area (Å²) in [7, 11) is -2.57. The summed E-state index contributed by atoms with van der Waals surface area (Å²) < 4.78 is 68.9. The molecule has 6 aromatic carbocycles. The Bertz CT molecular complexity index is 1880. The Balaban J connectivity index is 1.56. The van der Waals surface area contributed by atoms with Crippen LogP contribution in [0.3, 0.4) is 0 Å². The minimum atomic E-state index is -4.89. The van der Waals surface area contributed by atoms with Crippen molar-refractivity contribution in [2.24, 2.45) is 0 Å². The number of rotatable bonds is 7. The Kier molecular flexibility index (Phi) is 8.11. The molecule has 0 saturated carbocycles. The summed E-state index contributed by atoms with van der Waals surface area (Å²) in [6.07, 6.45) is -9.74. The van der Waals surface area contributed by atoms with Crippen LogP contribution in [0.25, 0.3) is 11.1 Å². The van der Waals surface area contributed by atoms with Gasteiger partial charge in [-0.1, -0.05) is 146 Å². The Labute approximate surface area is 266 Å². The molecule has 0 aliphatic carbocycles. The zero-order valence-electron chi connectivity index (χ0n) is 24.2. The van der Waals surface area contributed by atoms with E-state index in [1.807, 2.05) is 146 Å². The van der Waals surface area contributed by atoms with Crippen molar-refractivity contribution >= 4 is 47.7 Å². The van der Waals surface area contributed by atoms with E-state index in [-0.39, 0.29) is 0 Å². The van der Waals surface area contributed by atoms with Gasteiger partial charge in [-0.15, -0.1) is 0 Å². The Morgan fingerprint density at radius 1 is 0.391 bits per heavy atom. The second-order valence-corrected chi connectivity index (χ2v) is 14.9. The Hall–Kier alpha value is -4.50. The van der Waals surface area contributed by atoms with Gasteiger partial charge >= 0.3 is 12.2 Å². The third-order valence-corrected chi connectivity index (χ3v) is 12.6. The van der Waals surface area contributed by atoms with Gasteiger partial charge in [0.1, 0.15) is 0 Å². The molecule has 0 aromatic heterocycles. The highest BCUT2D eigenvalue weighted by atomic mass is 31.1. The van der Waals surface area contributed by atoms with Crippen LogP contribution in [0.4, 0.5) is 17.6 Å². The molecule has 46 heavy (non-hydrogen) atoms. The van der Waals surface area contributed by atoms with Gasteiger partial charge in [0.05, 0.1) is 0 Å². The fraction of sp³-hybridized carbons (Fsp3) is 0.0526. The quantitative estimate of drug-likeness (QED) is 0.129. The van der Waals surface area contributed by atoms with Gasteiger partial charge in [-0.05, 0) is 65.4 Å². The van der Waals surface area contributed by atoms with Crippen LogP contribution in [-0.2, 0) is 0 Å². The molecule has 228 valence electrons. The second-order valence-electron chi connectivity index (χ2n) is 10.6. The van der Waals surface area contributed by atoms with Crippen molar-refractivity contribution in [2.45, 2.75) is 12.2 Å². The van der Waals surface area contributed by atoms with Gasteiger partial charge in [-0.25, -0.2) is 0 Å². The van der Waals surface area contributed by atoms with Gasteiger partial charge in [0.15, 0.2) is 11.5 Å². The predicted molar refractivity (Wildman–Crippen MR) is 180 cm³/mol. The zero-order valence-corrected chi connectivity index (χ0v) is 26.0. The van der Waals surface area contributed by atoms with Gasteiger partial charge in [0, 0.05) is 5.56 Å². The molecule has 1 aliphatic rings. The summed E-state index contributed by atoms with van der Waals surface area (Å²) in [5, 5.41) is 5.56. The largest absolute Gasteiger partial charge is 0.507 e. The first-order valence-electron chi connectivity index (χ1n) is 14.5. The van der Waals surface area contributed by atoms with E-state index in [1.165, 1.54) is 6.07 Å². The Morgan fingerprint density at radius 2 is 0.783 bits per heavy atom. The minimum Gasteiger partial charge on any atom is -0.421 e. The molecule has 6 aromatic rings. The van der Waals surface area contributed by atoms with Gasteiger partial charge in [0.25, 0.3) is 0 Å². The molecule has 0 saturated heterocycles. The van der Waals surface area contributed by atoms with E-state index in [0.717, 1.165) is 26.5 Å². The first kappa shape index (κ1) is 30.2. The van der Waals surface area contributed by atoms with E-state index >= 15 is 8.78 Å². The van der Waals surface area contributed by atoms with Gasteiger partial charge in [-0.3, -0.25) is 0 Å². The van der Waals surface area contributed by atoms with Crippen LogP contribution in [-0.4, -0.2) is 12.2 Å². The van der Waals surface area contributed by atoms with Crippen molar-refractivity contribution in [3.63, 3.8) is 0 Å². The first-order valence-corrected chi connectivity index (χ1v) is 17.2. The van der Waals surface area contributed by atoms with Crippen molar-refractivity contribution in [1.82, 2.24) is 0 Å². The maximum atomic E-state index is 15.0. The third-order valence-electron chi connectivity index (χ3n) is 7.62. The molecule has 0 bridgehead atoms. The number of halogens is 4. The molecule has 0 N–H and O–H groups in total. The summed E-state index contributed by atoms with van der Waals surface area (Å²) in [5.41, 5.74) is 0.915. The molecule has 7 rings (SSSR count). The van der Waals surface area contributed by atoms with Crippen LogP contribution < -0.4 is 41.3 Å². The third kappa shape index (κ3) is 5.57. The number of hydrogen-bond donors (Lipinski definition) is 0. The molecular weight excluding hydrogens is 626 g/mol. The molecule has 0 fully saturated rings. The number of hydrogen-bond acceptors (Lipinski definition) is 2. The second kappa shape index (κ2) is 12.4. The molecule has 0 spiro atoms. The van der Waals surface area contributed by atoms with E-state index in [0.29, 0.717) is 16.4 Å². The van der Waals surface area contributed by atoms with E-state index in [1.54, 1.807) is 6.07 Å². The van der Waals surface area contributed by atoms with E-state index in [2.05, 4.69) is 0 Å². The highest BCUT2D eigenvalue weighted by Gasteiger charge is 2.66. The highest BCUT2D eigenvalue weighted by molar-refractivity contribution is 7.80. The summed E-state index contributed by atoms with van der Waals surface area (Å²) in [6.45, 7) is 0. The Morgan fingerprint density at radius 3 is 1.26 bits per heavy atom. The molecule has 2 nitrogen and oxygen atoms in total. The zero-order chi connectivity index (χ0) is 31.7. The SMILES string of the molecule is FC1(F)Oc2ccc(P(c3ccccc3)c3ccccc3)c(-c3ccccc3P(c3ccccc3)c3ccccc3)c2OC1(F)F. The molecule has 0 amide bonds. The van der Waals surface area contributed by atoms with Crippen molar-refractivity contribution in [2.75, 3.05) is 0 Å². The molecule has 1 heterocycles. The summed E-state index contributed by atoms with van der Waals surface area (Å²) in [6, 6.07) is 50.1. The standard InChI is InChI=1S/C38H26F4O2P2/c39-37(40)38(41,42)44-36-32(43-37)25-26-34(46(29-19-9-3-10-20-29)30-21-11-4-12-22-30)35(36)31-23-13-14-24-33(31)45(27-15-5-1-6-16-27)28-17-7-2-8-18-28/h1-26H. The van der Waals surface area contributed by atoms with E-state index < -0.39 is 39.6 Å². The molecule has 0 atom stereocenters. The van der Waals surface area contributed by atoms with Crippen LogP contribution in [0, 0.1) is 0 Å². The molecule has 1 aliphatic heterocycles. The summed E-state index contributed by atoms with van der Waals surface area (Å²) >= 11 is 0. The summed E-state index contributed by atoms with van der Waals surface area (Å²) in [5.74, 6) is -0.847. The lowest BCUT2D eigenvalue weighted by Crippen LogP contribution is -2.52. The van der Waals surface area contributed by atoms with Crippen molar-refractivity contribution in [1.29, 1.82) is 0 Å². The maximum absolute atomic E-state index is 15.0. The number of alkyl halides is 4. The van der Waals surface area contributed by atoms with Crippen LogP contribution in [0.2, 0.25) is 0 Å². The average molecular weight is 653 g/mol. The lowest BCUT2D eigenvalue weighted by atomic mass is 10.0. The molecule has 8 heteroatoms. The van der Waals surface area contributed by atoms with Crippen molar-refractivity contribution in [3.05, 3.63) is 158 Å². The lowest BCUT2D eigenvalue weighted by Gasteiger charge is -2.35. The van der Waals surface area contributed by atoms with E-state index in [9.17, 15) is 8.78 Å². The van der Waals surface area contributed by atoms with Gasteiger partial charge in [0.2, 0.25) is 0 Å². The molecular formula is C38H26F4O2P2. The van der Waals surface area contributed by atoms with Gasteiger partial charge < -0.3 is 9.47 Å². The van der Waals surface area contributed by atoms with Crippen LogP contribution in [0.5, 0.6) is 11.5 Å². The van der Waals surface area contributed by atoms with Crippen LogP contribution in [0.15, 0.2) is 158 Å². The highest BCUT2D eigenvalue weighted by Crippen LogP contribution is 2.53. The number of benzene rings is 6. The van der Waals surface area contributed by atoms with Crippen molar-refractivity contribution in [3.8, 4) is 22.6 Å². The topological polar surface area (TPSA) is 18.5 Å². The first-order chi connectivity index (χ1) is 22.3. The lowest BCUT2D eigenvalue weighted by molar-refractivity contribution is -0.391. The fourth-order valence-electron chi connectivity index (χ4n) is 5.61. The minimum absolute atomic E-state index is 0.307. The summed E-state index contributed by atoms with van der Waals surface area (Å²) in [4.78, 5) is 0. The maximum Gasteiger partial charge on any atom is 0.507 e. The average Bonchev–Trinajstić information content (AvgIpc) is 3.08. The van der Waals surface area contributed by atoms with E-state index in [4.69, 9.17) is 9.47 Å². The molecule has 0 unspecified atom stereocenters. The fourth-order valence-corrected chi connectivity index (χ4v) is 10.5. The van der Waals surface area contributed by atoms with Crippen LogP contribution in [0.1, 0.15) is 0 Å². The van der Waals surface area contributed by atoms with Crippen LogP contribution >= 0.6 is 15.8 Å². The van der Waals surface area contributed by atoms with Gasteiger partial charge in [-0.2, -0.15) is 17.6 Å².